The quantitative estimate of drug-likeness (QED) is 0.697. The van der Waals surface area contributed by atoms with Gasteiger partial charge in [0, 0.05) is 17.0 Å². The number of rotatable bonds is 8. The Labute approximate surface area is 151 Å². The monoisotopic (exact) mass is 349 g/mol. The molecule has 1 nitrogen and oxygen atoms in total. The van der Waals surface area contributed by atoms with E-state index in [2.05, 4.69) is 74.5 Å². The van der Waals surface area contributed by atoms with Gasteiger partial charge in [-0.2, -0.15) is 0 Å². The van der Waals surface area contributed by atoms with Crippen LogP contribution >= 0.6 is 24.2 Å². The van der Waals surface area contributed by atoms with Crippen molar-refractivity contribution in [1.29, 1.82) is 0 Å². The van der Waals surface area contributed by atoms with Gasteiger partial charge in [-0.3, -0.25) is 0 Å². The van der Waals surface area contributed by atoms with E-state index in [1.54, 1.807) is 0 Å². The lowest BCUT2D eigenvalue weighted by Gasteiger charge is -2.36. The number of halogens is 1. The first-order valence-electron chi connectivity index (χ1n) is 8.08. The molecule has 0 unspecified atom stereocenters. The molecule has 0 spiro atoms. The normalized spacial score (nSPS) is 13.4. The van der Waals surface area contributed by atoms with Gasteiger partial charge in [-0.1, -0.05) is 74.5 Å². The van der Waals surface area contributed by atoms with Gasteiger partial charge in [-0.25, -0.2) is 0 Å². The Kier molecular flexibility index (Phi) is 8.75. The van der Waals surface area contributed by atoms with E-state index < -0.39 is 0 Å². The van der Waals surface area contributed by atoms with Crippen LogP contribution in [0.5, 0.6) is 0 Å². The van der Waals surface area contributed by atoms with Crippen LogP contribution in [0.15, 0.2) is 60.7 Å². The maximum atomic E-state index is 6.22. The number of nitrogens with two attached hydrogens (primary N) is 1. The van der Waals surface area contributed by atoms with Crippen molar-refractivity contribution in [3.8, 4) is 0 Å². The molecule has 0 amide bonds. The summed E-state index contributed by atoms with van der Waals surface area (Å²) in [7, 11) is 0. The molecule has 0 bridgehead atoms. The topological polar surface area (TPSA) is 26.0 Å². The van der Waals surface area contributed by atoms with Crippen LogP contribution in [0.2, 0.25) is 0 Å². The van der Waals surface area contributed by atoms with Gasteiger partial charge in [0.15, 0.2) is 0 Å². The first-order chi connectivity index (χ1) is 10.7. The predicted molar refractivity (Wildman–Crippen MR) is 106 cm³/mol. The average molecular weight is 350 g/mol. The second-order valence-electron chi connectivity index (χ2n) is 6.18. The van der Waals surface area contributed by atoms with Crippen molar-refractivity contribution in [1.82, 2.24) is 0 Å². The van der Waals surface area contributed by atoms with E-state index in [-0.39, 0.29) is 17.2 Å². The molecule has 3 heteroatoms. The molecule has 0 saturated heterocycles. The van der Waals surface area contributed by atoms with Gasteiger partial charge in [-0.15, -0.1) is 24.2 Å². The van der Waals surface area contributed by atoms with Crippen LogP contribution in [0.1, 0.15) is 31.4 Å². The van der Waals surface area contributed by atoms with E-state index in [0.29, 0.717) is 5.92 Å². The van der Waals surface area contributed by atoms with Crippen LogP contribution in [-0.2, 0) is 12.2 Å². The van der Waals surface area contributed by atoms with Crippen molar-refractivity contribution in [3.63, 3.8) is 0 Å². The molecule has 1 atom stereocenters. The van der Waals surface area contributed by atoms with Gasteiger partial charge < -0.3 is 5.73 Å². The third kappa shape index (κ3) is 5.87. The molecule has 126 valence electrons. The fourth-order valence-corrected chi connectivity index (χ4v) is 4.07. The van der Waals surface area contributed by atoms with E-state index in [4.69, 9.17) is 5.73 Å². The van der Waals surface area contributed by atoms with Gasteiger partial charge in [-0.05, 0) is 29.9 Å². The van der Waals surface area contributed by atoms with Crippen LogP contribution in [0.4, 0.5) is 0 Å². The fourth-order valence-electron chi connectivity index (χ4n) is 2.73. The highest BCUT2D eigenvalue weighted by Crippen LogP contribution is 2.38. The zero-order chi connectivity index (χ0) is 15.8. The lowest BCUT2D eigenvalue weighted by atomic mass is 9.88. The molecule has 0 saturated carbocycles. The van der Waals surface area contributed by atoms with E-state index in [9.17, 15) is 0 Å². The van der Waals surface area contributed by atoms with Crippen LogP contribution < -0.4 is 5.73 Å². The van der Waals surface area contributed by atoms with Gasteiger partial charge in [0.1, 0.15) is 0 Å². The maximum Gasteiger partial charge on any atom is 0.0311 e. The molecule has 0 aliphatic heterocycles. The van der Waals surface area contributed by atoms with Gasteiger partial charge in [0.2, 0.25) is 0 Å². The second kappa shape index (κ2) is 10.0. The summed E-state index contributed by atoms with van der Waals surface area (Å²) in [5.41, 5.74) is 9.00. The number of benzene rings is 2. The minimum Gasteiger partial charge on any atom is -0.329 e. The standard InChI is InChI=1S/C20H27NS.ClH/c1-17(2)20(16-21,14-13-18-9-5-3-6-10-18)22-15-19-11-7-4-8-12-19;/h3-12,17H,13-16,21H2,1-2H3;1H/t20-;/m1./s1. The summed E-state index contributed by atoms with van der Waals surface area (Å²) in [4.78, 5) is 0. The minimum atomic E-state index is 0. The van der Waals surface area contributed by atoms with Crippen molar-refractivity contribution < 1.29 is 0 Å². The molecule has 2 aromatic rings. The van der Waals surface area contributed by atoms with Gasteiger partial charge in [0.05, 0.1) is 0 Å². The lowest BCUT2D eigenvalue weighted by molar-refractivity contribution is 0.415. The largest absolute Gasteiger partial charge is 0.329 e. The summed E-state index contributed by atoms with van der Waals surface area (Å²) in [6, 6.07) is 21.4. The molecular formula is C20H28ClNS. The zero-order valence-electron chi connectivity index (χ0n) is 14.1. The van der Waals surface area contributed by atoms with E-state index in [0.717, 1.165) is 25.1 Å². The van der Waals surface area contributed by atoms with Crippen molar-refractivity contribution >= 4 is 24.2 Å². The first kappa shape index (κ1) is 20.1. The van der Waals surface area contributed by atoms with E-state index in [1.165, 1.54) is 11.1 Å². The Morgan fingerprint density at radius 3 is 1.91 bits per heavy atom. The summed E-state index contributed by atoms with van der Waals surface area (Å²) in [5.74, 6) is 1.60. The maximum absolute atomic E-state index is 6.22. The Morgan fingerprint density at radius 1 is 0.913 bits per heavy atom. The average Bonchev–Trinajstić information content (AvgIpc) is 2.57. The molecule has 0 aliphatic rings. The number of thioether (sulfide) groups is 1. The third-order valence-electron chi connectivity index (χ3n) is 4.45. The molecule has 2 aromatic carbocycles. The summed E-state index contributed by atoms with van der Waals surface area (Å²) in [6.45, 7) is 5.33. The zero-order valence-corrected chi connectivity index (χ0v) is 15.7. The summed E-state index contributed by atoms with van der Waals surface area (Å²) in [5, 5.41) is 0. The molecule has 0 radical (unpaired) electrons. The molecule has 0 heterocycles. The molecular weight excluding hydrogens is 322 g/mol. The second-order valence-corrected chi connectivity index (χ2v) is 7.57. The van der Waals surface area contributed by atoms with Gasteiger partial charge in [0.25, 0.3) is 0 Å². The van der Waals surface area contributed by atoms with E-state index in [1.807, 2.05) is 11.8 Å². The Bertz CT molecular complexity index is 499. The Balaban J connectivity index is 0.00000264. The molecule has 23 heavy (non-hydrogen) atoms. The third-order valence-corrected chi connectivity index (χ3v) is 6.34. The van der Waals surface area contributed by atoms with Crippen LogP contribution in [0, 0.1) is 5.92 Å². The predicted octanol–water partition coefficient (Wildman–Crippen LogP) is 5.33. The minimum absolute atomic E-state index is 0. The van der Waals surface area contributed by atoms with Crippen molar-refractivity contribution in [2.24, 2.45) is 11.7 Å². The molecule has 0 aliphatic carbocycles. The number of aryl methyl sites for hydroxylation is 1. The molecule has 0 fully saturated rings. The van der Waals surface area contributed by atoms with Crippen molar-refractivity contribution in [2.75, 3.05) is 6.54 Å². The van der Waals surface area contributed by atoms with Gasteiger partial charge >= 0.3 is 0 Å². The molecule has 0 aromatic heterocycles. The lowest BCUT2D eigenvalue weighted by Crippen LogP contribution is -2.40. The number of hydrogen-bond acceptors (Lipinski definition) is 2. The van der Waals surface area contributed by atoms with Crippen LogP contribution in [0.25, 0.3) is 0 Å². The highest BCUT2D eigenvalue weighted by molar-refractivity contribution is 7.99. The highest BCUT2D eigenvalue weighted by atomic mass is 35.5. The first-order valence-corrected chi connectivity index (χ1v) is 9.07. The highest BCUT2D eigenvalue weighted by Gasteiger charge is 2.32. The summed E-state index contributed by atoms with van der Waals surface area (Å²) >= 11 is 2.02. The van der Waals surface area contributed by atoms with Crippen molar-refractivity contribution in [2.45, 2.75) is 37.2 Å². The molecule has 2 rings (SSSR count). The fraction of sp³-hybridized carbons (Fsp3) is 0.400. The van der Waals surface area contributed by atoms with Crippen molar-refractivity contribution in [3.05, 3.63) is 71.8 Å². The van der Waals surface area contributed by atoms with Crippen LogP contribution in [-0.4, -0.2) is 11.3 Å². The van der Waals surface area contributed by atoms with E-state index >= 15 is 0 Å². The Hall–Kier alpha value is -0.960. The summed E-state index contributed by atoms with van der Waals surface area (Å²) < 4.78 is 0.145. The number of hydrogen-bond donors (Lipinski definition) is 1. The SMILES string of the molecule is CC(C)[C@](CN)(CCc1ccccc1)SCc1ccccc1.Cl. The smallest absolute Gasteiger partial charge is 0.0311 e. The molecule has 2 N–H and O–H groups in total. The summed E-state index contributed by atoms with van der Waals surface area (Å²) in [6.07, 6.45) is 2.22. The Morgan fingerprint density at radius 2 is 1.43 bits per heavy atom. The van der Waals surface area contributed by atoms with Crippen LogP contribution in [0.3, 0.4) is 0 Å².